The molecule has 2 aromatic rings. The first-order chi connectivity index (χ1) is 7.27. The van der Waals surface area contributed by atoms with Crippen LogP contribution in [0.15, 0.2) is 18.2 Å². The van der Waals surface area contributed by atoms with Gasteiger partial charge in [0.2, 0.25) is 0 Å². The number of fused-ring (bicyclic) bond motifs is 1. The quantitative estimate of drug-likeness (QED) is 0.820. The van der Waals surface area contributed by atoms with Crippen molar-refractivity contribution in [3.63, 3.8) is 0 Å². The van der Waals surface area contributed by atoms with Crippen molar-refractivity contribution in [2.24, 2.45) is 0 Å². The second-order valence-corrected chi connectivity index (χ2v) is 4.05. The third kappa shape index (κ3) is 2.36. The predicted molar refractivity (Wildman–Crippen MR) is 61.8 cm³/mol. The molecule has 0 atom stereocenters. The summed E-state index contributed by atoms with van der Waals surface area (Å²) >= 11 is 0. The van der Waals surface area contributed by atoms with E-state index in [1.54, 1.807) is 0 Å². The summed E-state index contributed by atoms with van der Waals surface area (Å²) < 4.78 is 0. The van der Waals surface area contributed by atoms with Crippen LogP contribution >= 0.6 is 0 Å². The highest BCUT2D eigenvalue weighted by Gasteiger charge is 2.04. The van der Waals surface area contributed by atoms with Crippen molar-refractivity contribution in [2.45, 2.75) is 12.8 Å². The molecule has 2 rings (SSSR count). The Morgan fingerprint density at radius 1 is 1.47 bits per heavy atom. The Labute approximate surface area is 90.1 Å². The first kappa shape index (κ1) is 10.2. The van der Waals surface area contributed by atoms with Crippen LogP contribution in [0, 0.1) is 6.07 Å². The third-order valence-corrected chi connectivity index (χ3v) is 2.51. The molecule has 0 spiro atoms. The van der Waals surface area contributed by atoms with Crippen LogP contribution in [-0.2, 0) is 6.42 Å². The second-order valence-electron chi connectivity index (χ2n) is 4.05. The number of aryl methyl sites for hydroxylation is 1. The number of rotatable bonds is 4. The van der Waals surface area contributed by atoms with Gasteiger partial charge in [-0.2, -0.15) is 5.10 Å². The van der Waals surface area contributed by atoms with Crippen molar-refractivity contribution in [3.8, 4) is 0 Å². The van der Waals surface area contributed by atoms with Crippen molar-refractivity contribution >= 4 is 10.9 Å². The molecule has 0 saturated carbocycles. The van der Waals surface area contributed by atoms with Gasteiger partial charge in [0.15, 0.2) is 0 Å². The molecule has 3 heteroatoms. The van der Waals surface area contributed by atoms with E-state index in [2.05, 4.69) is 35.3 Å². The molecule has 0 saturated heterocycles. The molecule has 0 aliphatic rings. The Morgan fingerprint density at radius 3 is 3.13 bits per heavy atom. The van der Waals surface area contributed by atoms with Crippen molar-refractivity contribution in [1.82, 2.24) is 15.1 Å². The SMILES string of the molecule is CN(C)CCCc1n[nH]c2cc[c]cc12. The average molecular weight is 202 g/mol. The molecule has 1 radical (unpaired) electrons. The molecule has 1 aromatic carbocycles. The minimum atomic E-state index is 1.02. The zero-order chi connectivity index (χ0) is 10.7. The van der Waals surface area contributed by atoms with Gasteiger partial charge in [0.1, 0.15) is 0 Å². The second kappa shape index (κ2) is 4.45. The highest BCUT2D eigenvalue weighted by atomic mass is 15.1. The lowest BCUT2D eigenvalue weighted by molar-refractivity contribution is 0.400. The zero-order valence-corrected chi connectivity index (χ0v) is 9.25. The number of aromatic amines is 1. The highest BCUT2D eigenvalue weighted by Crippen LogP contribution is 2.15. The Balaban J connectivity index is 2.08. The molecule has 0 fully saturated rings. The molecule has 3 nitrogen and oxygen atoms in total. The van der Waals surface area contributed by atoms with Crippen LogP contribution in [-0.4, -0.2) is 35.7 Å². The van der Waals surface area contributed by atoms with Gasteiger partial charge in [0.25, 0.3) is 0 Å². The summed E-state index contributed by atoms with van der Waals surface area (Å²) in [5.74, 6) is 0. The molecular weight excluding hydrogens is 186 g/mol. The van der Waals surface area contributed by atoms with Gasteiger partial charge in [-0.05, 0) is 51.7 Å². The van der Waals surface area contributed by atoms with Crippen LogP contribution in [0.4, 0.5) is 0 Å². The van der Waals surface area contributed by atoms with E-state index < -0.39 is 0 Å². The number of aromatic nitrogens is 2. The van der Waals surface area contributed by atoms with E-state index in [-0.39, 0.29) is 0 Å². The molecule has 0 bridgehead atoms. The molecule has 1 N–H and O–H groups in total. The number of nitrogens with zero attached hydrogens (tertiary/aromatic N) is 2. The number of nitrogens with one attached hydrogen (secondary N) is 1. The third-order valence-electron chi connectivity index (χ3n) is 2.51. The molecule has 1 heterocycles. The van der Waals surface area contributed by atoms with Crippen LogP contribution in [0.3, 0.4) is 0 Å². The lowest BCUT2D eigenvalue weighted by atomic mass is 10.1. The van der Waals surface area contributed by atoms with Crippen LogP contribution in [0.25, 0.3) is 10.9 Å². The highest BCUT2D eigenvalue weighted by molar-refractivity contribution is 5.80. The summed E-state index contributed by atoms with van der Waals surface area (Å²) in [5, 5.41) is 8.58. The van der Waals surface area contributed by atoms with E-state index in [1.165, 1.54) is 5.39 Å². The molecule has 15 heavy (non-hydrogen) atoms. The first-order valence-corrected chi connectivity index (χ1v) is 5.25. The largest absolute Gasteiger partial charge is 0.309 e. The first-order valence-electron chi connectivity index (χ1n) is 5.25. The minimum absolute atomic E-state index is 1.02. The lowest BCUT2D eigenvalue weighted by Gasteiger charge is -2.07. The van der Waals surface area contributed by atoms with Gasteiger partial charge >= 0.3 is 0 Å². The number of hydrogen-bond donors (Lipinski definition) is 1. The topological polar surface area (TPSA) is 31.9 Å². The van der Waals surface area contributed by atoms with E-state index in [1.807, 2.05) is 18.2 Å². The normalized spacial score (nSPS) is 11.4. The fraction of sp³-hybridized carbons (Fsp3) is 0.417. The van der Waals surface area contributed by atoms with Crippen LogP contribution < -0.4 is 0 Å². The summed E-state index contributed by atoms with van der Waals surface area (Å²) in [7, 11) is 4.19. The van der Waals surface area contributed by atoms with Crippen molar-refractivity contribution in [1.29, 1.82) is 0 Å². The summed E-state index contributed by atoms with van der Waals surface area (Å²) in [4.78, 5) is 2.20. The molecule has 0 aliphatic carbocycles. The number of benzene rings is 1. The van der Waals surface area contributed by atoms with Crippen molar-refractivity contribution < 1.29 is 0 Å². The van der Waals surface area contributed by atoms with Gasteiger partial charge in [0.05, 0.1) is 11.2 Å². The summed E-state index contributed by atoms with van der Waals surface area (Å²) in [6.45, 7) is 1.10. The van der Waals surface area contributed by atoms with Gasteiger partial charge < -0.3 is 4.90 Å². The van der Waals surface area contributed by atoms with Gasteiger partial charge in [-0.15, -0.1) is 0 Å². The Morgan fingerprint density at radius 2 is 2.33 bits per heavy atom. The van der Waals surface area contributed by atoms with Gasteiger partial charge in [-0.3, -0.25) is 5.10 Å². The monoisotopic (exact) mass is 202 g/mol. The number of hydrogen-bond acceptors (Lipinski definition) is 2. The Kier molecular flexibility index (Phi) is 3.02. The summed E-state index contributed by atoms with van der Waals surface area (Å²) in [6.07, 6.45) is 2.16. The van der Waals surface area contributed by atoms with E-state index in [0.29, 0.717) is 0 Å². The van der Waals surface area contributed by atoms with E-state index in [4.69, 9.17) is 0 Å². The van der Waals surface area contributed by atoms with E-state index in [0.717, 1.165) is 30.6 Å². The molecule has 0 aliphatic heterocycles. The lowest BCUT2D eigenvalue weighted by Crippen LogP contribution is -2.13. The van der Waals surface area contributed by atoms with Gasteiger partial charge in [0, 0.05) is 5.39 Å². The molecule has 1 aromatic heterocycles. The maximum Gasteiger partial charge on any atom is 0.0701 e. The van der Waals surface area contributed by atoms with Crippen LogP contribution in [0.5, 0.6) is 0 Å². The summed E-state index contributed by atoms with van der Waals surface area (Å²) in [6, 6.07) is 9.01. The zero-order valence-electron chi connectivity index (χ0n) is 9.25. The van der Waals surface area contributed by atoms with Crippen LogP contribution in [0.1, 0.15) is 12.1 Å². The molecule has 79 valence electrons. The standard InChI is InChI=1S/C12H16N3/c1-15(2)9-5-8-12-10-6-3-4-7-11(10)13-14-12/h4,6-7H,5,8-9H2,1-2H3,(H,13,14). The van der Waals surface area contributed by atoms with Crippen molar-refractivity contribution in [3.05, 3.63) is 30.0 Å². The maximum absolute atomic E-state index is 4.33. The molecule has 0 amide bonds. The van der Waals surface area contributed by atoms with Gasteiger partial charge in [-0.1, -0.05) is 6.07 Å². The fourth-order valence-corrected chi connectivity index (χ4v) is 1.71. The average Bonchev–Trinajstić information content (AvgIpc) is 2.62. The Bertz CT molecular complexity index is 431. The fourth-order valence-electron chi connectivity index (χ4n) is 1.71. The smallest absolute Gasteiger partial charge is 0.0701 e. The Hall–Kier alpha value is -1.35. The predicted octanol–water partition coefficient (Wildman–Crippen LogP) is 1.86. The maximum atomic E-state index is 4.33. The van der Waals surface area contributed by atoms with Gasteiger partial charge in [-0.25, -0.2) is 0 Å². The molecule has 0 unspecified atom stereocenters. The summed E-state index contributed by atoms with van der Waals surface area (Å²) in [5.41, 5.74) is 2.26. The minimum Gasteiger partial charge on any atom is -0.309 e. The number of H-pyrrole nitrogens is 1. The molecular formula is C12H16N3. The van der Waals surface area contributed by atoms with Crippen LogP contribution in [0.2, 0.25) is 0 Å². The van der Waals surface area contributed by atoms with Crippen molar-refractivity contribution in [2.75, 3.05) is 20.6 Å². The van der Waals surface area contributed by atoms with E-state index >= 15 is 0 Å². The van der Waals surface area contributed by atoms with E-state index in [9.17, 15) is 0 Å².